The van der Waals surface area contributed by atoms with Gasteiger partial charge in [-0.05, 0) is 37.2 Å². The smallest absolute Gasteiger partial charge is 0.199 e. The van der Waals surface area contributed by atoms with E-state index in [0.717, 1.165) is 36.2 Å². The van der Waals surface area contributed by atoms with Crippen LogP contribution in [0.3, 0.4) is 0 Å². The van der Waals surface area contributed by atoms with Gasteiger partial charge in [-0.1, -0.05) is 32.0 Å². The maximum atomic E-state index is 6.19. The van der Waals surface area contributed by atoms with Gasteiger partial charge >= 0.3 is 0 Å². The lowest BCUT2D eigenvalue weighted by Gasteiger charge is -2.28. The third-order valence-corrected chi connectivity index (χ3v) is 3.60. The van der Waals surface area contributed by atoms with E-state index in [4.69, 9.17) is 16.0 Å². The maximum Gasteiger partial charge on any atom is 0.199 e. The first-order chi connectivity index (χ1) is 9.39. The van der Waals surface area contributed by atoms with Gasteiger partial charge in [0.2, 0.25) is 0 Å². The lowest BCUT2D eigenvalue weighted by molar-refractivity contribution is 0.232. The zero-order chi connectivity index (χ0) is 14.8. The molecule has 0 atom stereocenters. The fourth-order valence-electron chi connectivity index (χ4n) is 2.67. The minimum Gasteiger partial charge on any atom is -0.444 e. The van der Waals surface area contributed by atoms with Gasteiger partial charge in [0, 0.05) is 30.6 Å². The Hall–Kier alpha value is -1.03. The second kappa shape index (κ2) is 6.17. The molecule has 2 aromatic rings. The summed E-state index contributed by atoms with van der Waals surface area (Å²) in [5.74, 6) is 0. The highest BCUT2D eigenvalue weighted by Gasteiger charge is 2.19. The highest BCUT2D eigenvalue weighted by atomic mass is 35.5. The molecule has 0 aliphatic heterocycles. The lowest BCUT2D eigenvalue weighted by atomic mass is 9.93. The number of furan rings is 1. The van der Waals surface area contributed by atoms with Crippen LogP contribution in [0, 0.1) is 5.41 Å². The molecule has 0 radical (unpaired) electrons. The molecular weight excluding hydrogens is 272 g/mol. The first-order valence-electron chi connectivity index (χ1n) is 6.90. The van der Waals surface area contributed by atoms with Crippen LogP contribution in [-0.2, 0) is 6.54 Å². The summed E-state index contributed by atoms with van der Waals surface area (Å²) >= 11 is 6.19. The van der Waals surface area contributed by atoms with E-state index in [-0.39, 0.29) is 5.41 Å². The Kier molecular flexibility index (Phi) is 4.74. The largest absolute Gasteiger partial charge is 0.444 e. The van der Waals surface area contributed by atoms with Crippen LogP contribution in [0.15, 0.2) is 28.7 Å². The number of nitrogens with zero attached hydrogens (tertiary/aromatic N) is 1. The van der Waals surface area contributed by atoms with Crippen molar-refractivity contribution in [2.75, 3.05) is 27.2 Å². The molecule has 0 spiro atoms. The second-order valence-electron chi connectivity index (χ2n) is 6.36. The van der Waals surface area contributed by atoms with Crippen LogP contribution in [0.5, 0.6) is 0 Å². The SMILES string of the molecule is CN(C)CC(C)(C)CNCc1c(Cl)oc2ccccc12. The highest BCUT2D eigenvalue weighted by molar-refractivity contribution is 6.30. The zero-order valence-electron chi connectivity index (χ0n) is 12.7. The fourth-order valence-corrected chi connectivity index (χ4v) is 2.92. The predicted octanol–water partition coefficient (Wildman–Crippen LogP) is 3.76. The Morgan fingerprint density at radius 2 is 1.95 bits per heavy atom. The molecule has 4 heteroatoms. The Morgan fingerprint density at radius 1 is 1.25 bits per heavy atom. The summed E-state index contributed by atoms with van der Waals surface area (Å²) in [4.78, 5) is 2.21. The molecular formula is C16H23ClN2O. The zero-order valence-corrected chi connectivity index (χ0v) is 13.4. The molecule has 0 bridgehead atoms. The number of hydrogen-bond acceptors (Lipinski definition) is 3. The van der Waals surface area contributed by atoms with E-state index < -0.39 is 0 Å². The lowest BCUT2D eigenvalue weighted by Crippen LogP contribution is -2.37. The third-order valence-electron chi connectivity index (χ3n) is 3.30. The maximum absolute atomic E-state index is 6.19. The molecule has 1 aromatic heterocycles. The molecule has 1 heterocycles. The molecule has 0 aliphatic carbocycles. The molecule has 0 saturated carbocycles. The molecule has 2 rings (SSSR count). The minimum atomic E-state index is 0.218. The number of benzene rings is 1. The van der Waals surface area contributed by atoms with Gasteiger partial charge in [-0.3, -0.25) is 0 Å². The van der Waals surface area contributed by atoms with Gasteiger partial charge in [0.1, 0.15) is 5.58 Å². The Bertz CT molecular complexity index is 575. The van der Waals surface area contributed by atoms with Crippen molar-refractivity contribution in [1.29, 1.82) is 0 Å². The second-order valence-corrected chi connectivity index (χ2v) is 6.70. The number of fused-ring (bicyclic) bond motifs is 1. The number of hydrogen-bond donors (Lipinski definition) is 1. The number of nitrogens with one attached hydrogen (secondary N) is 1. The molecule has 3 nitrogen and oxygen atoms in total. The van der Waals surface area contributed by atoms with Crippen molar-refractivity contribution in [2.45, 2.75) is 20.4 Å². The monoisotopic (exact) mass is 294 g/mol. The molecule has 1 N–H and O–H groups in total. The first kappa shape index (κ1) is 15.4. The Balaban J connectivity index is 2.01. The Morgan fingerprint density at radius 3 is 2.65 bits per heavy atom. The summed E-state index contributed by atoms with van der Waals surface area (Å²) < 4.78 is 5.56. The first-order valence-corrected chi connectivity index (χ1v) is 7.28. The van der Waals surface area contributed by atoms with E-state index in [9.17, 15) is 0 Å². The molecule has 110 valence electrons. The summed E-state index contributed by atoms with van der Waals surface area (Å²) in [7, 11) is 4.20. The van der Waals surface area contributed by atoms with Crippen LogP contribution in [0.4, 0.5) is 0 Å². The molecule has 20 heavy (non-hydrogen) atoms. The van der Waals surface area contributed by atoms with E-state index in [1.165, 1.54) is 0 Å². The minimum absolute atomic E-state index is 0.218. The van der Waals surface area contributed by atoms with Gasteiger partial charge in [0.15, 0.2) is 5.22 Å². The third kappa shape index (κ3) is 3.75. The molecule has 0 amide bonds. The van der Waals surface area contributed by atoms with Crippen molar-refractivity contribution < 1.29 is 4.42 Å². The van der Waals surface area contributed by atoms with Crippen molar-refractivity contribution in [3.8, 4) is 0 Å². The molecule has 1 aromatic carbocycles. The van der Waals surface area contributed by atoms with Crippen LogP contribution in [-0.4, -0.2) is 32.1 Å². The fraction of sp³-hybridized carbons (Fsp3) is 0.500. The van der Waals surface area contributed by atoms with E-state index in [0.29, 0.717) is 5.22 Å². The van der Waals surface area contributed by atoms with Crippen molar-refractivity contribution in [3.63, 3.8) is 0 Å². The Labute approximate surface area is 125 Å². The van der Waals surface area contributed by atoms with E-state index in [1.807, 2.05) is 24.3 Å². The van der Waals surface area contributed by atoms with Gasteiger partial charge in [0.05, 0.1) is 0 Å². The van der Waals surface area contributed by atoms with Gasteiger partial charge in [0.25, 0.3) is 0 Å². The van der Waals surface area contributed by atoms with Crippen LogP contribution in [0.25, 0.3) is 11.0 Å². The van der Waals surface area contributed by atoms with E-state index in [1.54, 1.807) is 0 Å². The van der Waals surface area contributed by atoms with Gasteiger partial charge in [-0.15, -0.1) is 0 Å². The average Bonchev–Trinajstić information content (AvgIpc) is 2.64. The van der Waals surface area contributed by atoms with Crippen molar-refractivity contribution in [1.82, 2.24) is 10.2 Å². The molecule has 0 aliphatic rings. The summed E-state index contributed by atoms with van der Waals surface area (Å²) in [6.07, 6.45) is 0. The van der Waals surface area contributed by atoms with Crippen LogP contribution < -0.4 is 5.32 Å². The topological polar surface area (TPSA) is 28.4 Å². The summed E-state index contributed by atoms with van der Waals surface area (Å²) in [6, 6.07) is 7.96. The van der Waals surface area contributed by atoms with Crippen molar-refractivity contribution in [2.24, 2.45) is 5.41 Å². The van der Waals surface area contributed by atoms with E-state index in [2.05, 4.69) is 38.2 Å². The summed E-state index contributed by atoms with van der Waals surface area (Å²) in [5.41, 5.74) is 2.11. The number of halogens is 1. The van der Waals surface area contributed by atoms with E-state index >= 15 is 0 Å². The van der Waals surface area contributed by atoms with Crippen molar-refractivity contribution >= 4 is 22.6 Å². The number of rotatable bonds is 6. The normalized spacial score (nSPS) is 12.5. The van der Waals surface area contributed by atoms with Crippen LogP contribution in [0.2, 0.25) is 5.22 Å². The highest BCUT2D eigenvalue weighted by Crippen LogP contribution is 2.29. The molecule has 0 saturated heterocycles. The standard InChI is InChI=1S/C16H23ClN2O/c1-16(2,11-19(3)4)10-18-9-13-12-7-5-6-8-14(12)20-15(13)17/h5-8,18H,9-11H2,1-4H3. The molecule has 0 unspecified atom stereocenters. The van der Waals surface area contributed by atoms with Gasteiger partial charge in [-0.2, -0.15) is 0 Å². The van der Waals surface area contributed by atoms with Gasteiger partial charge in [-0.25, -0.2) is 0 Å². The summed E-state index contributed by atoms with van der Waals surface area (Å²) in [6.45, 7) is 7.22. The predicted molar refractivity (Wildman–Crippen MR) is 85.3 cm³/mol. The van der Waals surface area contributed by atoms with Gasteiger partial charge < -0.3 is 14.6 Å². The average molecular weight is 295 g/mol. The quantitative estimate of drug-likeness (QED) is 0.879. The summed E-state index contributed by atoms with van der Waals surface area (Å²) in [5, 5.41) is 5.08. The molecule has 0 fully saturated rings. The van der Waals surface area contributed by atoms with Crippen LogP contribution >= 0.6 is 11.6 Å². The van der Waals surface area contributed by atoms with Crippen molar-refractivity contribution in [3.05, 3.63) is 35.0 Å². The number of para-hydroxylation sites is 1. The van der Waals surface area contributed by atoms with Crippen LogP contribution in [0.1, 0.15) is 19.4 Å².